The summed E-state index contributed by atoms with van der Waals surface area (Å²) in [5.41, 5.74) is 3.01. The summed E-state index contributed by atoms with van der Waals surface area (Å²) < 4.78 is 31.5. The fraction of sp³-hybridized carbons (Fsp3) is 0.400. The summed E-state index contributed by atoms with van der Waals surface area (Å²) in [4.78, 5) is 36.4. The molecule has 1 saturated carbocycles. The van der Waals surface area contributed by atoms with Crippen molar-refractivity contribution in [3.8, 4) is 11.1 Å². The van der Waals surface area contributed by atoms with Gasteiger partial charge < -0.3 is 20.5 Å². The van der Waals surface area contributed by atoms with Crippen LogP contribution in [-0.4, -0.2) is 48.7 Å². The van der Waals surface area contributed by atoms with Crippen molar-refractivity contribution in [2.24, 2.45) is 5.41 Å². The number of alkyl carbamates (subject to hydrolysis) is 1. The first-order valence-electron chi connectivity index (χ1n) is 11.2. The third-order valence-electron chi connectivity index (χ3n) is 6.73. The predicted molar refractivity (Wildman–Crippen MR) is 120 cm³/mol. The lowest BCUT2D eigenvalue weighted by atomic mass is 9.69. The molecule has 3 N–H and O–H groups in total. The average molecular weight is 472 g/mol. The van der Waals surface area contributed by atoms with Crippen LogP contribution in [0, 0.1) is 5.41 Å². The predicted octanol–water partition coefficient (Wildman–Crippen LogP) is 3.92. The molecule has 1 fully saturated rings. The highest BCUT2D eigenvalue weighted by atomic mass is 19.3. The van der Waals surface area contributed by atoms with Crippen molar-refractivity contribution in [1.29, 1.82) is 0 Å². The van der Waals surface area contributed by atoms with Crippen LogP contribution in [0.25, 0.3) is 11.1 Å². The Balaban J connectivity index is 1.38. The zero-order valence-corrected chi connectivity index (χ0v) is 18.4. The largest absolute Gasteiger partial charge is 0.481 e. The van der Waals surface area contributed by atoms with Crippen molar-refractivity contribution in [1.82, 2.24) is 10.6 Å². The number of alkyl halides is 2. The third kappa shape index (κ3) is 4.73. The van der Waals surface area contributed by atoms with Gasteiger partial charge in [0.15, 0.2) is 0 Å². The van der Waals surface area contributed by atoms with E-state index < -0.39 is 42.3 Å². The molecule has 2 amide bonds. The molecular weight excluding hydrogens is 446 g/mol. The zero-order valence-electron chi connectivity index (χ0n) is 18.4. The first-order chi connectivity index (χ1) is 16.3. The number of rotatable bonds is 9. The van der Waals surface area contributed by atoms with E-state index >= 15 is 0 Å². The Kier molecular flexibility index (Phi) is 6.81. The van der Waals surface area contributed by atoms with Gasteiger partial charge >= 0.3 is 12.1 Å². The van der Waals surface area contributed by atoms with E-state index in [0.717, 1.165) is 28.7 Å². The van der Waals surface area contributed by atoms with Crippen molar-refractivity contribution in [2.75, 3.05) is 13.2 Å². The molecule has 180 valence electrons. The van der Waals surface area contributed by atoms with Crippen LogP contribution in [0.15, 0.2) is 48.5 Å². The highest BCUT2D eigenvalue weighted by Crippen LogP contribution is 2.44. The molecule has 2 aromatic rings. The van der Waals surface area contributed by atoms with Gasteiger partial charge in [-0.3, -0.25) is 9.59 Å². The molecule has 1 unspecified atom stereocenters. The van der Waals surface area contributed by atoms with Gasteiger partial charge in [-0.15, -0.1) is 0 Å². The van der Waals surface area contributed by atoms with E-state index in [1.165, 1.54) is 0 Å². The summed E-state index contributed by atoms with van der Waals surface area (Å²) in [5.74, 6) is -2.11. The minimum absolute atomic E-state index is 0.0228. The molecule has 0 aliphatic heterocycles. The van der Waals surface area contributed by atoms with Crippen molar-refractivity contribution in [3.63, 3.8) is 0 Å². The SMILES string of the molecule is O=C(NC(CC(F)F)C(=O)NCC1(C(=O)O)CCC1)OCC1c2ccccc2-c2ccccc21. The number of carboxylic acids is 1. The van der Waals surface area contributed by atoms with Crippen molar-refractivity contribution in [3.05, 3.63) is 59.7 Å². The van der Waals surface area contributed by atoms with Crippen molar-refractivity contribution < 1.29 is 33.0 Å². The van der Waals surface area contributed by atoms with E-state index in [1.54, 1.807) is 0 Å². The maximum atomic E-state index is 13.1. The molecule has 0 spiro atoms. The number of carbonyl (C=O) groups excluding carboxylic acids is 2. The number of nitrogens with one attached hydrogen (secondary N) is 2. The average Bonchev–Trinajstić information content (AvgIpc) is 3.09. The lowest BCUT2D eigenvalue weighted by Crippen LogP contribution is -2.53. The van der Waals surface area contributed by atoms with E-state index in [1.807, 2.05) is 48.5 Å². The number of hydrogen-bond donors (Lipinski definition) is 3. The number of carbonyl (C=O) groups is 3. The Hall–Kier alpha value is -3.49. The topological polar surface area (TPSA) is 105 Å². The van der Waals surface area contributed by atoms with Gasteiger partial charge in [-0.25, -0.2) is 13.6 Å². The third-order valence-corrected chi connectivity index (χ3v) is 6.73. The Morgan fingerprint density at radius 1 is 1.03 bits per heavy atom. The minimum Gasteiger partial charge on any atom is -0.481 e. The molecule has 9 heteroatoms. The molecular formula is C25H26F2N2O5. The number of aliphatic carboxylic acids is 1. The lowest BCUT2D eigenvalue weighted by molar-refractivity contribution is -0.154. The highest BCUT2D eigenvalue weighted by Gasteiger charge is 2.45. The van der Waals surface area contributed by atoms with Gasteiger partial charge in [0.1, 0.15) is 12.6 Å². The summed E-state index contributed by atoms with van der Waals surface area (Å²) in [6.07, 6.45) is -3.21. The molecule has 34 heavy (non-hydrogen) atoms. The van der Waals surface area contributed by atoms with E-state index in [0.29, 0.717) is 12.8 Å². The second kappa shape index (κ2) is 9.79. The lowest BCUT2D eigenvalue weighted by Gasteiger charge is -2.37. The van der Waals surface area contributed by atoms with Crippen LogP contribution < -0.4 is 10.6 Å². The molecule has 0 bridgehead atoms. The van der Waals surface area contributed by atoms with Crippen molar-refractivity contribution in [2.45, 2.75) is 44.1 Å². The highest BCUT2D eigenvalue weighted by molar-refractivity contribution is 5.86. The number of hydrogen-bond acceptors (Lipinski definition) is 4. The Labute approximate surface area is 195 Å². The minimum atomic E-state index is -2.85. The van der Waals surface area contributed by atoms with Crippen LogP contribution in [0.2, 0.25) is 0 Å². The number of benzene rings is 2. The van der Waals surface area contributed by atoms with Gasteiger partial charge in [0, 0.05) is 18.9 Å². The number of amides is 2. The van der Waals surface area contributed by atoms with Crippen LogP contribution in [0.5, 0.6) is 0 Å². The number of fused-ring (bicyclic) bond motifs is 3. The zero-order chi connectivity index (χ0) is 24.3. The standard InChI is InChI=1S/C25H26F2N2O5/c26-21(27)12-20(22(30)28-14-25(23(31)32)10-5-11-25)29-24(33)34-13-19-17-8-3-1-6-15(17)16-7-2-4-9-18(16)19/h1-4,6-9,19-21H,5,10-14H2,(H,28,30)(H,29,33)(H,31,32). The summed E-state index contributed by atoms with van der Waals surface area (Å²) in [6.45, 7) is -0.196. The van der Waals surface area contributed by atoms with Gasteiger partial charge in [-0.05, 0) is 35.1 Å². The van der Waals surface area contributed by atoms with Gasteiger partial charge in [0.05, 0.1) is 5.41 Å². The van der Waals surface area contributed by atoms with Crippen LogP contribution in [0.4, 0.5) is 13.6 Å². The molecule has 0 radical (unpaired) electrons. The van der Waals surface area contributed by atoms with E-state index in [2.05, 4.69) is 10.6 Å². The van der Waals surface area contributed by atoms with E-state index in [4.69, 9.17) is 4.74 Å². The molecule has 1 atom stereocenters. The second-order valence-electron chi connectivity index (χ2n) is 8.81. The molecule has 0 heterocycles. The smallest absolute Gasteiger partial charge is 0.407 e. The Morgan fingerprint density at radius 2 is 1.62 bits per heavy atom. The summed E-state index contributed by atoms with van der Waals surface area (Å²) in [5, 5.41) is 14.0. The van der Waals surface area contributed by atoms with Gasteiger partial charge in [0.25, 0.3) is 0 Å². The first-order valence-corrected chi connectivity index (χ1v) is 11.2. The maximum absolute atomic E-state index is 13.1. The van der Waals surface area contributed by atoms with Crippen LogP contribution in [0.3, 0.4) is 0 Å². The van der Waals surface area contributed by atoms with Crippen LogP contribution in [-0.2, 0) is 14.3 Å². The first kappa shape index (κ1) is 23.7. The second-order valence-corrected chi connectivity index (χ2v) is 8.81. The number of carboxylic acid groups (broad SMARTS) is 1. The fourth-order valence-electron chi connectivity index (χ4n) is 4.64. The van der Waals surface area contributed by atoms with Gasteiger partial charge in [0.2, 0.25) is 12.3 Å². The van der Waals surface area contributed by atoms with E-state index in [9.17, 15) is 28.3 Å². The molecule has 4 rings (SSSR count). The fourth-order valence-corrected chi connectivity index (χ4v) is 4.64. The number of halogens is 2. The molecule has 2 aromatic carbocycles. The van der Waals surface area contributed by atoms with E-state index in [-0.39, 0.29) is 19.1 Å². The molecule has 2 aliphatic rings. The maximum Gasteiger partial charge on any atom is 0.407 e. The Bertz CT molecular complexity index is 1040. The number of ether oxygens (including phenoxy) is 1. The molecule has 0 saturated heterocycles. The summed E-state index contributed by atoms with van der Waals surface area (Å²) in [6, 6.07) is 14.0. The van der Waals surface area contributed by atoms with Gasteiger partial charge in [-0.2, -0.15) is 0 Å². The molecule has 7 nitrogen and oxygen atoms in total. The van der Waals surface area contributed by atoms with Crippen molar-refractivity contribution >= 4 is 18.0 Å². The normalized spacial score (nSPS) is 16.7. The van der Waals surface area contributed by atoms with Crippen LogP contribution in [0.1, 0.15) is 42.7 Å². The summed E-state index contributed by atoms with van der Waals surface area (Å²) >= 11 is 0. The Morgan fingerprint density at radius 3 is 2.12 bits per heavy atom. The quantitative estimate of drug-likeness (QED) is 0.513. The monoisotopic (exact) mass is 472 g/mol. The van der Waals surface area contributed by atoms with Gasteiger partial charge in [-0.1, -0.05) is 55.0 Å². The molecule has 0 aromatic heterocycles. The van der Waals surface area contributed by atoms with Crippen LogP contribution >= 0.6 is 0 Å². The summed E-state index contributed by atoms with van der Waals surface area (Å²) in [7, 11) is 0. The molecule has 2 aliphatic carbocycles.